The first-order valence-electron chi connectivity index (χ1n) is 3.56. The van der Waals surface area contributed by atoms with Crippen molar-refractivity contribution in [2.24, 2.45) is 0 Å². The summed E-state index contributed by atoms with van der Waals surface area (Å²) in [5.41, 5.74) is 0. The van der Waals surface area contributed by atoms with Gasteiger partial charge in [0.2, 0.25) is 5.91 Å². The Labute approximate surface area is 76.2 Å². The zero-order valence-corrected chi connectivity index (χ0v) is 7.85. The first-order valence-corrected chi connectivity index (χ1v) is 4.09. The largest absolute Gasteiger partial charge is 0.460 e. The molecule has 0 fully saturated rings. The Hall–Kier alpha value is -0.770. The molecule has 1 N–H and O–H groups in total. The van der Waals surface area contributed by atoms with Crippen molar-refractivity contribution in [3.63, 3.8) is 0 Å². The van der Waals surface area contributed by atoms with Gasteiger partial charge in [-0.25, -0.2) is 0 Å². The molecule has 0 aliphatic carbocycles. The summed E-state index contributed by atoms with van der Waals surface area (Å²) in [5.74, 6) is -0.477. The van der Waals surface area contributed by atoms with Gasteiger partial charge in [-0.15, -0.1) is 11.6 Å². The van der Waals surface area contributed by atoms with Gasteiger partial charge < -0.3 is 10.1 Å². The van der Waals surface area contributed by atoms with Gasteiger partial charge in [-0.3, -0.25) is 9.59 Å². The number of rotatable bonds is 4. The molecule has 0 aliphatic rings. The van der Waals surface area contributed by atoms with Crippen LogP contribution in [0.3, 0.4) is 0 Å². The van der Waals surface area contributed by atoms with Crippen molar-refractivity contribution in [2.45, 2.75) is 20.0 Å². The average Bonchev–Trinajstić information content (AvgIpc) is 2.00. The molecule has 4 nitrogen and oxygen atoms in total. The van der Waals surface area contributed by atoms with Crippen molar-refractivity contribution in [1.82, 2.24) is 5.32 Å². The van der Waals surface area contributed by atoms with Gasteiger partial charge in [-0.1, -0.05) is 0 Å². The van der Waals surface area contributed by atoms with Gasteiger partial charge in [-0.2, -0.15) is 0 Å². The molecule has 0 aromatic carbocycles. The van der Waals surface area contributed by atoms with Gasteiger partial charge in [0.15, 0.2) is 0 Å². The lowest BCUT2D eigenvalue weighted by molar-refractivity contribution is -0.147. The molecule has 5 heteroatoms. The number of ether oxygens (including phenoxy) is 1. The van der Waals surface area contributed by atoms with Gasteiger partial charge in [0.05, 0.1) is 5.88 Å². The second-order valence-electron chi connectivity index (χ2n) is 2.36. The zero-order valence-electron chi connectivity index (χ0n) is 7.09. The van der Waals surface area contributed by atoms with Crippen LogP contribution < -0.4 is 5.32 Å². The van der Waals surface area contributed by atoms with Crippen LogP contribution >= 0.6 is 11.6 Å². The van der Waals surface area contributed by atoms with E-state index in [0.717, 1.165) is 0 Å². The third-order valence-corrected chi connectivity index (χ3v) is 1.47. The van der Waals surface area contributed by atoms with Gasteiger partial charge in [-0.05, 0) is 6.92 Å². The normalized spacial score (nSPS) is 11.9. The molecule has 0 aliphatic heterocycles. The number of amides is 1. The standard InChI is InChI=1S/C7H12ClNO3/c1-5(3-8)12-7(11)4-9-6(2)10/h5H,3-4H2,1-2H3,(H,9,10)/t5-/m0/s1. The van der Waals surface area contributed by atoms with Crippen LogP contribution in [-0.2, 0) is 14.3 Å². The second-order valence-corrected chi connectivity index (χ2v) is 2.67. The Bertz CT molecular complexity index is 172. The zero-order chi connectivity index (χ0) is 9.56. The summed E-state index contributed by atoms with van der Waals surface area (Å²) in [5, 5.41) is 2.32. The smallest absolute Gasteiger partial charge is 0.325 e. The molecule has 0 radical (unpaired) electrons. The molecule has 0 saturated carbocycles. The van der Waals surface area contributed by atoms with Crippen molar-refractivity contribution in [3.05, 3.63) is 0 Å². The van der Waals surface area contributed by atoms with Crippen LogP contribution in [0.15, 0.2) is 0 Å². The number of nitrogens with one attached hydrogen (secondary N) is 1. The highest BCUT2D eigenvalue weighted by molar-refractivity contribution is 6.18. The van der Waals surface area contributed by atoms with E-state index in [1.807, 2.05) is 0 Å². The maximum absolute atomic E-state index is 10.8. The van der Waals surface area contributed by atoms with E-state index in [2.05, 4.69) is 5.32 Å². The van der Waals surface area contributed by atoms with Crippen LogP contribution in [0.25, 0.3) is 0 Å². The van der Waals surface area contributed by atoms with E-state index in [-0.39, 0.29) is 24.4 Å². The highest BCUT2D eigenvalue weighted by atomic mass is 35.5. The average molecular weight is 194 g/mol. The van der Waals surface area contributed by atoms with E-state index in [1.165, 1.54) is 6.92 Å². The fourth-order valence-corrected chi connectivity index (χ4v) is 0.557. The molecular formula is C7H12ClNO3. The minimum absolute atomic E-state index is 0.101. The van der Waals surface area contributed by atoms with Crippen LogP contribution in [0.2, 0.25) is 0 Å². The van der Waals surface area contributed by atoms with E-state index in [9.17, 15) is 9.59 Å². The number of hydrogen-bond donors (Lipinski definition) is 1. The summed E-state index contributed by atoms with van der Waals surface area (Å²) in [4.78, 5) is 21.2. The first kappa shape index (κ1) is 11.2. The lowest BCUT2D eigenvalue weighted by atomic mass is 10.5. The Kier molecular flexibility index (Phi) is 5.45. The number of alkyl halides is 1. The summed E-state index contributed by atoms with van der Waals surface area (Å²) in [6, 6.07) is 0. The lowest BCUT2D eigenvalue weighted by Gasteiger charge is -2.09. The van der Waals surface area contributed by atoms with Gasteiger partial charge in [0, 0.05) is 6.92 Å². The molecule has 12 heavy (non-hydrogen) atoms. The topological polar surface area (TPSA) is 55.4 Å². The quantitative estimate of drug-likeness (QED) is 0.516. The predicted octanol–water partition coefficient (Wildman–Crippen LogP) is 0.293. The van der Waals surface area contributed by atoms with Crippen molar-refractivity contribution in [2.75, 3.05) is 12.4 Å². The number of carbonyl (C=O) groups excluding carboxylic acids is 2. The summed E-state index contributed by atoms with van der Waals surface area (Å²) in [6.07, 6.45) is -0.312. The maximum Gasteiger partial charge on any atom is 0.325 e. The van der Waals surface area contributed by atoms with E-state index in [0.29, 0.717) is 0 Å². The molecule has 1 amide bonds. The SMILES string of the molecule is CC(=O)NCC(=O)O[C@@H](C)CCl. The van der Waals surface area contributed by atoms with Crippen LogP contribution in [-0.4, -0.2) is 30.4 Å². The maximum atomic E-state index is 10.8. The molecular weight excluding hydrogens is 182 g/mol. The van der Waals surface area contributed by atoms with E-state index < -0.39 is 5.97 Å². The third kappa shape index (κ3) is 5.97. The molecule has 0 heterocycles. The van der Waals surface area contributed by atoms with Crippen molar-refractivity contribution >= 4 is 23.5 Å². The lowest BCUT2D eigenvalue weighted by Crippen LogP contribution is -2.30. The number of esters is 1. The van der Waals surface area contributed by atoms with Crippen LogP contribution in [0.1, 0.15) is 13.8 Å². The summed E-state index contributed by atoms with van der Waals surface area (Å²) >= 11 is 5.39. The van der Waals surface area contributed by atoms with E-state index >= 15 is 0 Å². The minimum atomic E-state index is -0.474. The van der Waals surface area contributed by atoms with Crippen LogP contribution in [0.4, 0.5) is 0 Å². The van der Waals surface area contributed by atoms with Gasteiger partial charge in [0.1, 0.15) is 12.6 Å². The van der Waals surface area contributed by atoms with Crippen molar-refractivity contribution in [3.8, 4) is 0 Å². The Morgan fingerprint density at radius 2 is 2.17 bits per heavy atom. The van der Waals surface area contributed by atoms with Crippen LogP contribution in [0, 0.1) is 0 Å². The third-order valence-electron chi connectivity index (χ3n) is 1.03. The molecule has 0 spiro atoms. The Morgan fingerprint density at radius 1 is 1.58 bits per heavy atom. The summed E-state index contributed by atoms with van der Waals surface area (Å²) in [6.45, 7) is 2.91. The molecule has 0 aromatic rings. The minimum Gasteiger partial charge on any atom is -0.460 e. The monoisotopic (exact) mass is 193 g/mol. The molecule has 0 unspecified atom stereocenters. The number of hydrogen-bond acceptors (Lipinski definition) is 3. The summed E-state index contributed by atoms with van der Waals surface area (Å²) in [7, 11) is 0. The van der Waals surface area contributed by atoms with E-state index in [1.54, 1.807) is 6.92 Å². The van der Waals surface area contributed by atoms with Crippen LogP contribution in [0.5, 0.6) is 0 Å². The first-order chi connectivity index (χ1) is 5.56. The molecule has 70 valence electrons. The van der Waals surface area contributed by atoms with Crippen molar-refractivity contribution in [1.29, 1.82) is 0 Å². The second kappa shape index (κ2) is 5.83. The predicted molar refractivity (Wildman–Crippen MR) is 45.0 cm³/mol. The highest BCUT2D eigenvalue weighted by Gasteiger charge is 2.07. The Balaban J connectivity index is 3.53. The van der Waals surface area contributed by atoms with Gasteiger partial charge in [0.25, 0.3) is 0 Å². The van der Waals surface area contributed by atoms with E-state index in [4.69, 9.17) is 16.3 Å². The Morgan fingerprint density at radius 3 is 2.58 bits per heavy atom. The van der Waals surface area contributed by atoms with Crippen molar-refractivity contribution < 1.29 is 14.3 Å². The number of carbonyl (C=O) groups is 2. The van der Waals surface area contributed by atoms with Gasteiger partial charge >= 0.3 is 5.97 Å². The summed E-state index contributed by atoms with van der Waals surface area (Å²) < 4.78 is 4.76. The number of halogens is 1. The molecule has 1 atom stereocenters. The molecule has 0 rings (SSSR count). The fourth-order valence-electron chi connectivity index (χ4n) is 0.494. The highest BCUT2D eigenvalue weighted by Crippen LogP contribution is 1.93. The molecule has 0 saturated heterocycles. The molecule has 0 aromatic heterocycles. The molecule has 0 bridgehead atoms. The fraction of sp³-hybridized carbons (Fsp3) is 0.714.